The van der Waals surface area contributed by atoms with Gasteiger partial charge in [0.25, 0.3) is 5.91 Å². The molecule has 6 nitrogen and oxygen atoms in total. The van der Waals surface area contributed by atoms with Gasteiger partial charge < -0.3 is 19.5 Å². The van der Waals surface area contributed by atoms with Gasteiger partial charge in [-0.2, -0.15) is 0 Å². The lowest BCUT2D eigenvalue weighted by atomic mass is 10.0. The predicted molar refractivity (Wildman–Crippen MR) is 114 cm³/mol. The highest BCUT2D eigenvalue weighted by Crippen LogP contribution is 2.35. The van der Waals surface area contributed by atoms with Crippen molar-refractivity contribution in [3.8, 4) is 28.5 Å². The molecule has 0 radical (unpaired) electrons. The smallest absolute Gasteiger partial charge is 0.256 e. The lowest BCUT2D eigenvalue weighted by Crippen LogP contribution is -2.13. The van der Waals surface area contributed by atoms with E-state index in [0.29, 0.717) is 34.2 Å². The number of pyridine rings is 1. The summed E-state index contributed by atoms with van der Waals surface area (Å²) in [4.78, 5) is 18.0. The summed E-state index contributed by atoms with van der Waals surface area (Å²) < 4.78 is 16.2. The molecule has 1 aliphatic rings. The summed E-state index contributed by atoms with van der Waals surface area (Å²) in [5.41, 5.74) is 3.38. The Bertz CT molecular complexity index is 1270. The average molecular weight is 398 g/mol. The number of methoxy groups -OCH3 is 1. The van der Waals surface area contributed by atoms with Gasteiger partial charge in [0.15, 0.2) is 11.5 Å². The fourth-order valence-corrected chi connectivity index (χ4v) is 3.53. The third-order valence-corrected chi connectivity index (χ3v) is 4.97. The quantitative estimate of drug-likeness (QED) is 0.530. The van der Waals surface area contributed by atoms with Crippen LogP contribution in [0.5, 0.6) is 17.2 Å². The van der Waals surface area contributed by atoms with Crippen LogP contribution in [0, 0.1) is 0 Å². The first kappa shape index (κ1) is 18.0. The van der Waals surface area contributed by atoms with Crippen LogP contribution in [0.2, 0.25) is 0 Å². The van der Waals surface area contributed by atoms with Crippen LogP contribution in [0.4, 0.5) is 5.69 Å². The number of anilines is 1. The molecule has 0 fully saturated rings. The zero-order valence-corrected chi connectivity index (χ0v) is 16.2. The van der Waals surface area contributed by atoms with Crippen LogP contribution in [0.15, 0.2) is 72.8 Å². The van der Waals surface area contributed by atoms with Crippen molar-refractivity contribution in [2.45, 2.75) is 0 Å². The largest absolute Gasteiger partial charge is 0.496 e. The SMILES string of the molecule is COc1ccccc1-c1cc(C(=O)Nc2ccc3c(c2)OCO3)c2ccccc2n1. The number of amides is 1. The third kappa shape index (κ3) is 3.18. The van der Waals surface area contributed by atoms with E-state index in [1.807, 2.05) is 48.5 Å². The minimum atomic E-state index is -0.233. The maximum absolute atomic E-state index is 13.2. The molecule has 1 aliphatic heterocycles. The standard InChI is InChI=1S/C24H18N2O4/c1-28-21-9-5-3-7-17(21)20-13-18(16-6-2-4-8-19(16)26-20)24(27)25-15-10-11-22-23(12-15)30-14-29-22/h2-13H,14H2,1H3,(H,25,27). The lowest BCUT2D eigenvalue weighted by Gasteiger charge is -2.12. The molecule has 1 amide bonds. The normalized spacial score (nSPS) is 12.0. The molecule has 0 spiro atoms. The lowest BCUT2D eigenvalue weighted by molar-refractivity contribution is 0.102. The van der Waals surface area contributed by atoms with Gasteiger partial charge in [-0.05, 0) is 36.4 Å². The van der Waals surface area contributed by atoms with E-state index < -0.39 is 0 Å². The van der Waals surface area contributed by atoms with Gasteiger partial charge in [-0.3, -0.25) is 4.79 Å². The summed E-state index contributed by atoms with van der Waals surface area (Å²) in [5, 5.41) is 3.73. The molecular weight excluding hydrogens is 380 g/mol. The van der Waals surface area contributed by atoms with E-state index >= 15 is 0 Å². The number of carbonyl (C=O) groups excluding carboxylic acids is 1. The molecule has 4 aromatic rings. The average Bonchev–Trinajstić information content (AvgIpc) is 3.26. The molecule has 0 atom stereocenters. The second-order valence-electron chi connectivity index (χ2n) is 6.79. The number of hydrogen-bond acceptors (Lipinski definition) is 5. The van der Waals surface area contributed by atoms with Crippen molar-refractivity contribution in [3.63, 3.8) is 0 Å². The molecule has 2 heterocycles. The highest BCUT2D eigenvalue weighted by molar-refractivity contribution is 6.13. The molecule has 0 aliphatic carbocycles. The van der Waals surface area contributed by atoms with Crippen molar-refractivity contribution >= 4 is 22.5 Å². The maximum atomic E-state index is 13.2. The number of fused-ring (bicyclic) bond motifs is 2. The third-order valence-electron chi connectivity index (χ3n) is 4.97. The molecule has 30 heavy (non-hydrogen) atoms. The minimum absolute atomic E-state index is 0.185. The Kier molecular flexibility index (Phi) is 4.44. The summed E-state index contributed by atoms with van der Waals surface area (Å²) in [7, 11) is 1.62. The van der Waals surface area contributed by atoms with Crippen molar-refractivity contribution < 1.29 is 19.0 Å². The minimum Gasteiger partial charge on any atom is -0.496 e. The number of ether oxygens (including phenoxy) is 3. The number of rotatable bonds is 4. The van der Waals surface area contributed by atoms with Gasteiger partial charge in [0.1, 0.15) is 5.75 Å². The van der Waals surface area contributed by atoms with E-state index in [1.54, 1.807) is 31.4 Å². The Hall–Kier alpha value is -4.06. The Morgan fingerprint density at radius 3 is 2.67 bits per heavy atom. The highest BCUT2D eigenvalue weighted by Gasteiger charge is 2.18. The molecular formula is C24H18N2O4. The van der Waals surface area contributed by atoms with Crippen LogP contribution in [0.3, 0.4) is 0 Å². The van der Waals surface area contributed by atoms with Crippen LogP contribution >= 0.6 is 0 Å². The maximum Gasteiger partial charge on any atom is 0.256 e. The number of carbonyl (C=O) groups is 1. The highest BCUT2D eigenvalue weighted by atomic mass is 16.7. The van der Waals surface area contributed by atoms with Crippen molar-refractivity contribution in [2.24, 2.45) is 0 Å². The topological polar surface area (TPSA) is 69.7 Å². The summed E-state index contributed by atoms with van der Waals surface area (Å²) in [6, 6.07) is 22.3. The first-order valence-electron chi connectivity index (χ1n) is 9.47. The van der Waals surface area contributed by atoms with Crippen molar-refractivity contribution in [1.82, 2.24) is 4.98 Å². The van der Waals surface area contributed by atoms with Gasteiger partial charge in [0.2, 0.25) is 6.79 Å². The van der Waals surface area contributed by atoms with E-state index in [2.05, 4.69) is 5.32 Å². The number of nitrogens with zero attached hydrogens (tertiary/aromatic N) is 1. The van der Waals surface area contributed by atoms with Crippen molar-refractivity contribution in [3.05, 3.63) is 78.4 Å². The molecule has 6 heteroatoms. The Morgan fingerprint density at radius 1 is 0.967 bits per heavy atom. The summed E-state index contributed by atoms with van der Waals surface area (Å²) in [6.45, 7) is 0.185. The second kappa shape index (κ2) is 7.40. The Balaban J connectivity index is 1.58. The van der Waals surface area contributed by atoms with Crippen LogP contribution in [0.1, 0.15) is 10.4 Å². The van der Waals surface area contributed by atoms with E-state index in [9.17, 15) is 4.79 Å². The van der Waals surface area contributed by atoms with E-state index in [-0.39, 0.29) is 12.7 Å². The fraction of sp³-hybridized carbons (Fsp3) is 0.0833. The summed E-state index contributed by atoms with van der Waals surface area (Å²) in [6.07, 6.45) is 0. The van der Waals surface area contributed by atoms with E-state index in [0.717, 1.165) is 16.5 Å². The van der Waals surface area contributed by atoms with Gasteiger partial charge in [0.05, 0.1) is 23.9 Å². The molecule has 0 saturated heterocycles. The fourth-order valence-electron chi connectivity index (χ4n) is 3.53. The molecule has 5 rings (SSSR count). The number of para-hydroxylation sites is 2. The zero-order valence-electron chi connectivity index (χ0n) is 16.2. The molecule has 148 valence electrons. The van der Waals surface area contributed by atoms with Gasteiger partial charge in [-0.15, -0.1) is 0 Å². The first-order chi connectivity index (χ1) is 14.7. The van der Waals surface area contributed by atoms with Crippen molar-refractivity contribution in [1.29, 1.82) is 0 Å². The summed E-state index contributed by atoms with van der Waals surface area (Å²) in [5.74, 6) is 1.74. The molecule has 0 saturated carbocycles. The Labute approximate surface area is 173 Å². The van der Waals surface area contributed by atoms with Crippen LogP contribution < -0.4 is 19.5 Å². The molecule has 3 aromatic carbocycles. The predicted octanol–water partition coefficient (Wildman–Crippen LogP) is 4.89. The van der Waals surface area contributed by atoms with E-state index in [1.165, 1.54) is 0 Å². The zero-order chi connectivity index (χ0) is 20.5. The number of benzene rings is 3. The molecule has 0 bridgehead atoms. The van der Waals surface area contributed by atoms with Gasteiger partial charge >= 0.3 is 0 Å². The second-order valence-corrected chi connectivity index (χ2v) is 6.79. The molecule has 1 N–H and O–H groups in total. The van der Waals surface area contributed by atoms with Crippen LogP contribution in [-0.2, 0) is 0 Å². The number of nitrogens with one attached hydrogen (secondary N) is 1. The van der Waals surface area contributed by atoms with Crippen LogP contribution in [-0.4, -0.2) is 24.8 Å². The van der Waals surface area contributed by atoms with E-state index in [4.69, 9.17) is 19.2 Å². The number of aromatic nitrogens is 1. The number of hydrogen-bond donors (Lipinski definition) is 1. The first-order valence-corrected chi connectivity index (χ1v) is 9.47. The Morgan fingerprint density at radius 2 is 1.77 bits per heavy atom. The molecule has 0 unspecified atom stereocenters. The van der Waals surface area contributed by atoms with Gasteiger partial charge in [-0.1, -0.05) is 30.3 Å². The van der Waals surface area contributed by atoms with Gasteiger partial charge in [0, 0.05) is 22.7 Å². The van der Waals surface area contributed by atoms with Crippen LogP contribution in [0.25, 0.3) is 22.2 Å². The molecule has 1 aromatic heterocycles. The van der Waals surface area contributed by atoms with Gasteiger partial charge in [-0.25, -0.2) is 4.98 Å². The van der Waals surface area contributed by atoms with Crippen molar-refractivity contribution in [2.75, 3.05) is 19.2 Å². The monoisotopic (exact) mass is 398 g/mol. The summed E-state index contributed by atoms with van der Waals surface area (Å²) >= 11 is 0.